The van der Waals surface area contributed by atoms with Gasteiger partial charge in [0, 0.05) is 24.7 Å². The fourth-order valence-corrected chi connectivity index (χ4v) is 2.36. The number of esters is 1. The Morgan fingerprint density at radius 2 is 2.00 bits per heavy atom. The van der Waals surface area contributed by atoms with Crippen molar-refractivity contribution >= 4 is 17.6 Å². The lowest BCUT2D eigenvalue weighted by molar-refractivity contribution is -0.119. The minimum absolute atomic E-state index is 0.225. The number of pyridine rings is 1. The summed E-state index contributed by atoms with van der Waals surface area (Å²) in [6.45, 7) is -0.458. The largest absolute Gasteiger partial charge is 0.497 e. The van der Waals surface area contributed by atoms with Crippen LogP contribution in [0.1, 0.15) is 10.4 Å². The summed E-state index contributed by atoms with van der Waals surface area (Å²) >= 11 is 0. The van der Waals surface area contributed by atoms with Crippen LogP contribution < -0.4 is 14.8 Å². The topological polar surface area (TPSA) is 105 Å². The average Bonchev–Trinajstić information content (AvgIpc) is 3.27. The van der Waals surface area contributed by atoms with Crippen LogP contribution in [-0.4, -0.2) is 47.5 Å². The SMILES string of the molecule is COc1ccc(OC)c(NC(=O)COC(=O)c2ccc(-n3cccn3)nc2)c1. The molecule has 28 heavy (non-hydrogen) atoms. The van der Waals surface area contributed by atoms with E-state index in [9.17, 15) is 9.59 Å². The van der Waals surface area contributed by atoms with Crippen LogP contribution in [0.4, 0.5) is 5.69 Å². The van der Waals surface area contributed by atoms with Gasteiger partial charge in [0.25, 0.3) is 5.91 Å². The molecule has 1 aromatic carbocycles. The van der Waals surface area contributed by atoms with Crippen LogP contribution in [0.2, 0.25) is 0 Å². The van der Waals surface area contributed by atoms with Gasteiger partial charge in [0.2, 0.25) is 0 Å². The molecule has 0 fully saturated rings. The maximum atomic E-state index is 12.1. The van der Waals surface area contributed by atoms with Crippen molar-refractivity contribution in [2.75, 3.05) is 26.1 Å². The predicted octanol–water partition coefficient (Wildman–Crippen LogP) is 2.08. The molecule has 2 heterocycles. The van der Waals surface area contributed by atoms with Gasteiger partial charge in [-0.2, -0.15) is 5.10 Å². The van der Waals surface area contributed by atoms with Crippen molar-refractivity contribution in [1.29, 1.82) is 0 Å². The number of aromatic nitrogens is 3. The highest BCUT2D eigenvalue weighted by Crippen LogP contribution is 2.28. The monoisotopic (exact) mass is 382 g/mol. The lowest BCUT2D eigenvalue weighted by Crippen LogP contribution is -2.21. The molecule has 144 valence electrons. The fourth-order valence-electron chi connectivity index (χ4n) is 2.36. The molecule has 2 aromatic heterocycles. The second kappa shape index (κ2) is 8.67. The molecule has 1 N–H and O–H groups in total. The molecule has 0 saturated heterocycles. The number of ether oxygens (including phenoxy) is 3. The highest BCUT2D eigenvalue weighted by molar-refractivity contribution is 5.96. The zero-order chi connectivity index (χ0) is 19.9. The predicted molar refractivity (Wildman–Crippen MR) is 99.8 cm³/mol. The van der Waals surface area contributed by atoms with Crippen LogP contribution in [0, 0.1) is 0 Å². The average molecular weight is 382 g/mol. The standard InChI is InChI=1S/C19H18N4O5/c1-26-14-5-6-16(27-2)15(10-14)22-18(24)12-28-19(25)13-4-7-17(20-11-13)23-9-3-8-21-23/h3-11H,12H2,1-2H3,(H,22,24). The Morgan fingerprint density at radius 3 is 2.64 bits per heavy atom. The Bertz CT molecular complexity index is 955. The summed E-state index contributed by atoms with van der Waals surface area (Å²) in [4.78, 5) is 28.4. The summed E-state index contributed by atoms with van der Waals surface area (Å²) in [5, 5.41) is 6.67. The van der Waals surface area contributed by atoms with Crippen LogP contribution in [0.25, 0.3) is 5.82 Å². The Hall–Kier alpha value is -3.88. The van der Waals surface area contributed by atoms with Crippen LogP contribution in [-0.2, 0) is 9.53 Å². The molecule has 3 rings (SSSR count). The summed E-state index contributed by atoms with van der Waals surface area (Å²) in [5.74, 6) is 0.396. The van der Waals surface area contributed by atoms with Crippen molar-refractivity contribution < 1.29 is 23.8 Å². The van der Waals surface area contributed by atoms with E-state index in [-0.39, 0.29) is 5.56 Å². The molecule has 9 nitrogen and oxygen atoms in total. The first kappa shape index (κ1) is 18.9. The van der Waals surface area contributed by atoms with Gasteiger partial charge in [0.15, 0.2) is 12.4 Å². The molecule has 1 amide bonds. The van der Waals surface area contributed by atoms with E-state index in [0.29, 0.717) is 23.0 Å². The lowest BCUT2D eigenvalue weighted by atomic mass is 10.2. The third kappa shape index (κ3) is 4.44. The van der Waals surface area contributed by atoms with Crippen LogP contribution in [0.3, 0.4) is 0 Å². The van der Waals surface area contributed by atoms with E-state index in [2.05, 4.69) is 15.4 Å². The number of benzene rings is 1. The Balaban J connectivity index is 1.58. The van der Waals surface area contributed by atoms with Crippen molar-refractivity contribution in [3.63, 3.8) is 0 Å². The first-order valence-electron chi connectivity index (χ1n) is 8.26. The molecule has 0 aliphatic rings. The zero-order valence-electron chi connectivity index (χ0n) is 15.3. The summed E-state index contributed by atoms with van der Waals surface area (Å²) < 4.78 is 16.9. The van der Waals surface area contributed by atoms with Crippen LogP contribution in [0.15, 0.2) is 55.0 Å². The van der Waals surface area contributed by atoms with Crippen molar-refractivity contribution in [2.45, 2.75) is 0 Å². The van der Waals surface area contributed by atoms with Gasteiger partial charge in [-0.1, -0.05) is 0 Å². The molecule has 0 bridgehead atoms. The quantitative estimate of drug-likeness (QED) is 0.624. The van der Waals surface area contributed by atoms with Crippen molar-refractivity contribution in [2.24, 2.45) is 0 Å². The normalized spacial score (nSPS) is 10.2. The third-order valence-corrected chi connectivity index (χ3v) is 3.74. The summed E-state index contributed by atoms with van der Waals surface area (Å²) in [6, 6.07) is 9.91. The van der Waals surface area contributed by atoms with Gasteiger partial charge in [-0.3, -0.25) is 4.79 Å². The molecule has 9 heteroatoms. The number of hydrogen-bond donors (Lipinski definition) is 1. The molecule has 0 saturated carbocycles. The molecule has 3 aromatic rings. The van der Waals surface area contributed by atoms with Gasteiger partial charge < -0.3 is 19.5 Å². The first-order valence-corrected chi connectivity index (χ1v) is 8.26. The Labute approximate surface area is 160 Å². The number of carbonyl (C=O) groups excluding carboxylic acids is 2. The number of anilines is 1. The maximum Gasteiger partial charge on any atom is 0.340 e. The number of methoxy groups -OCH3 is 2. The molecule has 0 radical (unpaired) electrons. The van der Waals surface area contributed by atoms with Crippen molar-refractivity contribution in [1.82, 2.24) is 14.8 Å². The Morgan fingerprint density at radius 1 is 1.14 bits per heavy atom. The molecule has 0 spiro atoms. The molecular weight excluding hydrogens is 364 g/mol. The number of nitrogens with one attached hydrogen (secondary N) is 1. The zero-order valence-corrected chi connectivity index (χ0v) is 15.3. The smallest absolute Gasteiger partial charge is 0.340 e. The summed E-state index contributed by atoms with van der Waals surface area (Å²) in [6.07, 6.45) is 4.72. The molecule has 0 aliphatic heterocycles. The second-order valence-electron chi connectivity index (χ2n) is 5.55. The van der Waals surface area contributed by atoms with Crippen LogP contribution in [0.5, 0.6) is 11.5 Å². The minimum atomic E-state index is -0.660. The maximum absolute atomic E-state index is 12.1. The highest BCUT2D eigenvalue weighted by Gasteiger charge is 2.13. The summed E-state index contributed by atoms with van der Waals surface area (Å²) in [7, 11) is 3.00. The second-order valence-corrected chi connectivity index (χ2v) is 5.55. The summed E-state index contributed by atoms with van der Waals surface area (Å²) in [5.41, 5.74) is 0.635. The molecule has 0 unspecified atom stereocenters. The van der Waals surface area contributed by atoms with Gasteiger partial charge in [0.1, 0.15) is 11.5 Å². The van der Waals surface area contributed by atoms with Crippen molar-refractivity contribution in [3.8, 4) is 17.3 Å². The van der Waals surface area contributed by atoms with Crippen molar-refractivity contribution in [3.05, 3.63) is 60.6 Å². The van der Waals surface area contributed by atoms with E-state index in [4.69, 9.17) is 14.2 Å². The van der Waals surface area contributed by atoms with E-state index in [1.165, 1.54) is 20.4 Å². The number of carbonyl (C=O) groups is 2. The van der Waals surface area contributed by atoms with Gasteiger partial charge >= 0.3 is 5.97 Å². The minimum Gasteiger partial charge on any atom is -0.497 e. The van der Waals surface area contributed by atoms with Gasteiger partial charge in [0.05, 0.1) is 25.5 Å². The van der Waals surface area contributed by atoms with E-state index in [1.807, 2.05) is 0 Å². The van der Waals surface area contributed by atoms with Gasteiger partial charge in [-0.05, 0) is 30.3 Å². The lowest BCUT2D eigenvalue weighted by Gasteiger charge is -2.12. The Kier molecular flexibility index (Phi) is 5.85. The molecule has 0 atom stereocenters. The number of amides is 1. The number of nitrogens with zero attached hydrogens (tertiary/aromatic N) is 3. The molecular formula is C19H18N4O5. The van der Waals surface area contributed by atoms with E-state index in [0.717, 1.165) is 0 Å². The highest BCUT2D eigenvalue weighted by atomic mass is 16.5. The van der Waals surface area contributed by atoms with Gasteiger partial charge in [-0.25, -0.2) is 14.5 Å². The number of rotatable bonds is 7. The van der Waals surface area contributed by atoms with E-state index in [1.54, 1.807) is 53.5 Å². The van der Waals surface area contributed by atoms with E-state index < -0.39 is 18.5 Å². The van der Waals surface area contributed by atoms with Gasteiger partial charge in [-0.15, -0.1) is 0 Å². The first-order chi connectivity index (χ1) is 13.6. The third-order valence-electron chi connectivity index (χ3n) is 3.74. The van der Waals surface area contributed by atoms with E-state index >= 15 is 0 Å². The molecule has 0 aliphatic carbocycles. The number of hydrogen-bond acceptors (Lipinski definition) is 7. The van der Waals surface area contributed by atoms with Crippen LogP contribution >= 0.6 is 0 Å². The fraction of sp³-hybridized carbons (Fsp3) is 0.158.